The first-order valence-electron chi connectivity index (χ1n) is 11.9. The molecule has 33 heavy (non-hydrogen) atoms. The second-order valence-electron chi connectivity index (χ2n) is 9.15. The molecular formula is C27H37N3O3. The molecule has 1 N–H and O–H groups in total. The fourth-order valence-electron chi connectivity index (χ4n) is 3.96. The van der Waals surface area contributed by atoms with E-state index >= 15 is 0 Å². The summed E-state index contributed by atoms with van der Waals surface area (Å²) < 4.78 is 5.35. The zero-order chi connectivity index (χ0) is 23.6. The highest BCUT2D eigenvalue weighted by Gasteiger charge is 2.18. The van der Waals surface area contributed by atoms with Crippen LogP contribution in [0.2, 0.25) is 0 Å². The molecule has 178 valence electrons. The summed E-state index contributed by atoms with van der Waals surface area (Å²) in [5.74, 6) is 0.419. The van der Waals surface area contributed by atoms with Crippen molar-refractivity contribution in [2.75, 3.05) is 44.3 Å². The van der Waals surface area contributed by atoms with Gasteiger partial charge in [0.15, 0.2) is 0 Å². The van der Waals surface area contributed by atoms with Crippen LogP contribution in [0.4, 0.5) is 5.69 Å². The first-order valence-corrected chi connectivity index (χ1v) is 11.9. The number of rotatable bonds is 10. The first-order chi connectivity index (χ1) is 15.9. The van der Waals surface area contributed by atoms with Crippen LogP contribution in [0.25, 0.3) is 0 Å². The fourth-order valence-corrected chi connectivity index (χ4v) is 3.96. The molecule has 2 aromatic rings. The molecule has 6 heteroatoms. The molecule has 1 heterocycles. The summed E-state index contributed by atoms with van der Waals surface area (Å²) in [4.78, 5) is 29.6. The number of hydrogen-bond acceptors (Lipinski definition) is 4. The van der Waals surface area contributed by atoms with Crippen LogP contribution >= 0.6 is 0 Å². The zero-order valence-electron chi connectivity index (χ0n) is 20.2. The van der Waals surface area contributed by atoms with Crippen LogP contribution in [-0.2, 0) is 27.3 Å². The fraction of sp³-hybridized carbons (Fsp3) is 0.481. The Labute approximate surface area is 197 Å². The number of carbonyl (C=O) groups excluding carboxylic acids is 2. The van der Waals surface area contributed by atoms with Gasteiger partial charge < -0.3 is 15.0 Å². The summed E-state index contributed by atoms with van der Waals surface area (Å²) >= 11 is 0. The lowest BCUT2D eigenvalue weighted by atomic mass is 10.1. The number of aryl methyl sites for hydroxylation is 1. The minimum atomic E-state index is 0.0173. The average molecular weight is 452 g/mol. The van der Waals surface area contributed by atoms with Crippen molar-refractivity contribution in [3.05, 3.63) is 65.2 Å². The highest BCUT2D eigenvalue weighted by Crippen LogP contribution is 2.22. The molecule has 6 nitrogen and oxygen atoms in total. The second kappa shape index (κ2) is 12.5. The van der Waals surface area contributed by atoms with Crippen LogP contribution in [0.1, 0.15) is 37.0 Å². The molecule has 0 saturated carbocycles. The lowest BCUT2D eigenvalue weighted by molar-refractivity contribution is -0.121. The predicted octanol–water partition coefficient (Wildman–Crippen LogP) is 3.57. The Morgan fingerprint density at radius 2 is 1.76 bits per heavy atom. The third-order valence-corrected chi connectivity index (χ3v) is 5.94. The van der Waals surface area contributed by atoms with Crippen molar-refractivity contribution in [3.63, 3.8) is 0 Å². The minimum absolute atomic E-state index is 0.0173. The van der Waals surface area contributed by atoms with Crippen LogP contribution in [0.15, 0.2) is 48.5 Å². The monoisotopic (exact) mass is 451 g/mol. The zero-order valence-corrected chi connectivity index (χ0v) is 20.2. The quantitative estimate of drug-likeness (QED) is 0.600. The maximum Gasteiger partial charge on any atom is 0.227 e. The molecule has 0 spiro atoms. The number of morpholine rings is 1. The van der Waals surface area contributed by atoms with E-state index in [-0.39, 0.29) is 17.7 Å². The van der Waals surface area contributed by atoms with Crippen LogP contribution in [-0.4, -0.2) is 56.1 Å². The van der Waals surface area contributed by atoms with Gasteiger partial charge in [0.1, 0.15) is 0 Å². The van der Waals surface area contributed by atoms with Crippen molar-refractivity contribution in [1.29, 1.82) is 0 Å². The standard InChI is InChI=1S/C27H37N3O3/c1-21(2)18-27(32)30(20-24-7-5-4-6-22(24)3)25-10-8-23(9-11-25)19-26(31)28-12-13-29-14-16-33-17-15-29/h4-11,21H,12-20H2,1-3H3,(H,28,31). The molecule has 0 unspecified atom stereocenters. The van der Waals surface area contributed by atoms with Gasteiger partial charge in [-0.15, -0.1) is 0 Å². The van der Waals surface area contributed by atoms with Crippen LogP contribution < -0.4 is 10.2 Å². The summed E-state index contributed by atoms with van der Waals surface area (Å²) in [5.41, 5.74) is 4.11. The smallest absolute Gasteiger partial charge is 0.227 e. The third kappa shape index (κ3) is 7.98. The van der Waals surface area contributed by atoms with Gasteiger partial charge in [-0.25, -0.2) is 0 Å². The molecular weight excluding hydrogens is 414 g/mol. The molecule has 1 aliphatic rings. The molecule has 1 saturated heterocycles. The number of carbonyl (C=O) groups is 2. The molecule has 3 rings (SSSR count). The van der Waals surface area contributed by atoms with Crippen LogP contribution in [0.3, 0.4) is 0 Å². The third-order valence-electron chi connectivity index (χ3n) is 5.94. The molecule has 0 aromatic heterocycles. The van der Waals surface area contributed by atoms with Gasteiger partial charge in [-0.1, -0.05) is 50.2 Å². The normalized spacial score (nSPS) is 14.3. The van der Waals surface area contributed by atoms with Gasteiger partial charge in [-0.05, 0) is 41.7 Å². The highest BCUT2D eigenvalue weighted by atomic mass is 16.5. The van der Waals surface area contributed by atoms with Gasteiger partial charge in [0.2, 0.25) is 11.8 Å². The summed E-state index contributed by atoms with van der Waals surface area (Å²) in [6.45, 7) is 11.6. The SMILES string of the molecule is Cc1ccccc1CN(C(=O)CC(C)C)c1ccc(CC(=O)NCCN2CCOCC2)cc1. The molecule has 0 radical (unpaired) electrons. The van der Waals surface area contributed by atoms with Crippen molar-refractivity contribution >= 4 is 17.5 Å². The molecule has 2 amide bonds. The van der Waals surface area contributed by atoms with E-state index in [9.17, 15) is 9.59 Å². The number of ether oxygens (including phenoxy) is 1. The summed E-state index contributed by atoms with van der Waals surface area (Å²) in [7, 11) is 0. The number of hydrogen-bond donors (Lipinski definition) is 1. The molecule has 0 bridgehead atoms. The van der Waals surface area contributed by atoms with Crippen molar-refractivity contribution in [3.8, 4) is 0 Å². The second-order valence-corrected chi connectivity index (χ2v) is 9.15. The lowest BCUT2D eigenvalue weighted by Gasteiger charge is -2.26. The minimum Gasteiger partial charge on any atom is -0.379 e. The maximum absolute atomic E-state index is 13.0. The van der Waals surface area contributed by atoms with E-state index in [1.165, 1.54) is 5.56 Å². The van der Waals surface area contributed by atoms with Crippen molar-refractivity contribution in [2.24, 2.45) is 5.92 Å². The van der Waals surface area contributed by atoms with E-state index in [1.54, 1.807) is 0 Å². The van der Waals surface area contributed by atoms with E-state index in [2.05, 4.69) is 43.1 Å². The number of anilines is 1. The molecule has 2 aromatic carbocycles. The Balaban J connectivity index is 1.59. The van der Waals surface area contributed by atoms with Crippen LogP contribution in [0.5, 0.6) is 0 Å². The number of nitrogens with zero attached hydrogens (tertiary/aromatic N) is 2. The Morgan fingerprint density at radius 1 is 1.06 bits per heavy atom. The van der Waals surface area contributed by atoms with Gasteiger partial charge in [0.05, 0.1) is 26.2 Å². The van der Waals surface area contributed by atoms with Gasteiger partial charge in [0.25, 0.3) is 0 Å². The van der Waals surface area contributed by atoms with E-state index in [4.69, 9.17) is 4.74 Å². The predicted molar refractivity (Wildman–Crippen MR) is 132 cm³/mol. The van der Waals surface area contributed by atoms with Crippen molar-refractivity contribution in [1.82, 2.24) is 10.2 Å². The van der Waals surface area contributed by atoms with Gasteiger partial charge >= 0.3 is 0 Å². The molecule has 0 aliphatic carbocycles. The van der Waals surface area contributed by atoms with Gasteiger partial charge in [0, 0.05) is 38.3 Å². The lowest BCUT2D eigenvalue weighted by Crippen LogP contribution is -2.41. The maximum atomic E-state index is 13.0. The van der Waals surface area contributed by atoms with Gasteiger partial charge in [-0.2, -0.15) is 0 Å². The van der Waals surface area contributed by atoms with Gasteiger partial charge in [-0.3, -0.25) is 14.5 Å². The van der Waals surface area contributed by atoms with Crippen molar-refractivity contribution in [2.45, 2.75) is 40.2 Å². The van der Waals surface area contributed by atoms with E-state index in [1.807, 2.05) is 41.3 Å². The summed E-state index contributed by atoms with van der Waals surface area (Å²) in [6, 6.07) is 16.0. The topological polar surface area (TPSA) is 61.9 Å². The first kappa shape index (κ1) is 24.9. The highest BCUT2D eigenvalue weighted by molar-refractivity contribution is 5.93. The Morgan fingerprint density at radius 3 is 2.42 bits per heavy atom. The van der Waals surface area contributed by atoms with Crippen molar-refractivity contribution < 1.29 is 14.3 Å². The van der Waals surface area contributed by atoms with E-state index in [0.29, 0.717) is 25.9 Å². The summed E-state index contributed by atoms with van der Waals surface area (Å²) in [6.07, 6.45) is 0.834. The number of amides is 2. The molecule has 1 fully saturated rings. The largest absolute Gasteiger partial charge is 0.379 e. The molecule has 0 atom stereocenters. The van der Waals surface area contributed by atoms with E-state index < -0.39 is 0 Å². The Kier molecular flexibility index (Phi) is 9.46. The number of nitrogens with one attached hydrogen (secondary N) is 1. The Bertz CT molecular complexity index is 905. The average Bonchev–Trinajstić information content (AvgIpc) is 2.79. The van der Waals surface area contributed by atoms with Crippen LogP contribution in [0, 0.1) is 12.8 Å². The molecule has 1 aliphatic heterocycles. The van der Waals surface area contributed by atoms with E-state index in [0.717, 1.165) is 49.7 Å². The summed E-state index contributed by atoms with van der Waals surface area (Å²) in [5, 5.41) is 3.01. The Hall–Kier alpha value is -2.70. The number of benzene rings is 2.